The first kappa shape index (κ1) is 14.5. The van der Waals surface area contributed by atoms with Crippen LogP contribution in [0.2, 0.25) is 0 Å². The van der Waals surface area contributed by atoms with Crippen LogP contribution in [0.4, 0.5) is 5.82 Å². The molecule has 0 spiro atoms. The summed E-state index contributed by atoms with van der Waals surface area (Å²) in [7, 11) is 1.84. The van der Waals surface area contributed by atoms with Crippen LogP contribution in [0.3, 0.4) is 0 Å². The van der Waals surface area contributed by atoms with Gasteiger partial charge < -0.3 is 10.0 Å². The summed E-state index contributed by atoms with van der Waals surface area (Å²) in [5, 5.41) is 18.0. The van der Waals surface area contributed by atoms with E-state index in [1.807, 2.05) is 30.1 Å². The third-order valence-electron chi connectivity index (χ3n) is 3.05. The van der Waals surface area contributed by atoms with Crippen molar-refractivity contribution in [2.24, 2.45) is 0 Å². The quantitative estimate of drug-likeness (QED) is 0.932. The molecule has 0 saturated carbocycles. The van der Waals surface area contributed by atoms with Gasteiger partial charge in [-0.1, -0.05) is 12.1 Å². The number of hydrogen-bond acceptors (Lipinski definition) is 4. The minimum atomic E-state index is -0.971. The molecule has 0 radical (unpaired) electrons. The molecule has 0 aliphatic heterocycles. The summed E-state index contributed by atoms with van der Waals surface area (Å²) in [5.74, 6) is -0.378. The zero-order valence-electron chi connectivity index (χ0n) is 11.9. The molecule has 2 aromatic rings. The highest BCUT2D eigenvalue weighted by atomic mass is 16.4. The summed E-state index contributed by atoms with van der Waals surface area (Å²) in [4.78, 5) is 17.3. The van der Waals surface area contributed by atoms with E-state index in [9.17, 15) is 4.79 Å². The van der Waals surface area contributed by atoms with E-state index < -0.39 is 5.97 Å². The number of hydrogen-bond donors (Lipinski definition) is 1. The molecule has 1 aromatic carbocycles. The van der Waals surface area contributed by atoms with Crippen LogP contribution in [-0.4, -0.2) is 23.1 Å². The number of aromatic carboxylic acids is 1. The van der Waals surface area contributed by atoms with E-state index in [2.05, 4.69) is 11.1 Å². The summed E-state index contributed by atoms with van der Waals surface area (Å²) in [5.41, 5.74) is 2.44. The standard InChI is InChI=1S/C16H15N3O2/c1-11-6-14(16(20)21)8-15(18-11)19(2)10-13-5-3-4-12(7-13)9-17/h3-8H,10H2,1-2H3,(H,20,21). The van der Waals surface area contributed by atoms with E-state index >= 15 is 0 Å². The van der Waals surface area contributed by atoms with Gasteiger partial charge in [-0.15, -0.1) is 0 Å². The highest BCUT2D eigenvalue weighted by Crippen LogP contribution is 2.17. The van der Waals surface area contributed by atoms with Crippen molar-refractivity contribution >= 4 is 11.8 Å². The second-order valence-electron chi connectivity index (χ2n) is 4.83. The Labute approximate surface area is 123 Å². The van der Waals surface area contributed by atoms with Gasteiger partial charge in [0.05, 0.1) is 17.2 Å². The van der Waals surface area contributed by atoms with Gasteiger partial charge in [0.15, 0.2) is 0 Å². The van der Waals surface area contributed by atoms with Crippen molar-refractivity contribution in [3.63, 3.8) is 0 Å². The molecule has 0 saturated heterocycles. The fraction of sp³-hybridized carbons (Fsp3) is 0.188. The monoisotopic (exact) mass is 281 g/mol. The maximum Gasteiger partial charge on any atom is 0.335 e. The molecule has 5 heteroatoms. The molecule has 0 fully saturated rings. The summed E-state index contributed by atoms with van der Waals surface area (Å²) in [6.45, 7) is 2.31. The fourth-order valence-electron chi connectivity index (χ4n) is 2.06. The van der Waals surface area contributed by atoms with Crippen molar-refractivity contribution in [1.29, 1.82) is 5.26 Å². The Bertz CT molecular complexity index is 720. The first-order valence-electron chi connectivity index (χ1n) is 6.42. The Morgan fingerprint density at radius 3 is 2.81 bits per heavy atom. The molecule has 5 nitrogen and oxygen atoms in total. The number of aryl methyl sites for hydroxylation is 1. The lowest BCUT2D eigenvalue weighted by molar-refractivity contribution is 0.0696. The van der Waals surface area contributed by atoms with E-state index in [1.54, 1.807) is 19.1 Å². The third kappa shape index (κ3) is 3.57. The van der Waals surface area contributed by atoms with Crippen LogP contribution >= 0.6 is 0 Å². The molecule has 21 heavy (non-hydrogen) atoms. The molecule has 0 atom stereocenters. The average Bonchev–Trinajstić information content (AvgIpc) is 2.46. The zero-order valence-corrected chi connectivity index (χ0v) is 11.9. The van der Waals surface area contributed by atoms with Gasteiger partial charge in [0.2, 0.25) is 0 Å². The van der Waals surface area contributed by atoms with E-state index in [0.29, 0.717) is 23.6 Å². The fourth-order valence-corrected chi connectivity index (χ4v) is 2.06. The van der Waals surface area contributed by atoms with E-state index in [-0.39, 0.29) is 5.56 Å². The first-order chi connectivity index (χ1) is 9.99. The topological polar surface area (TPSA) is 77.2 Å². The molecule has 0 unspecified atom stereocenters. The molecule has 0 amide bonds. The molecule has 0 aliphatic carbocycles. The average molecular weight is 281 g/mol. The summed E-state index contributed by atoms with van der Waals surface area (Å²) >= 11 is 0. The number of pyridine rings is 1. The van der Waals surface area contributed by atoms with Crippen LogP contribution < -0.4 is 4.90 Å². The normalized spacial score (nSPS) is 9.95. The smallest absolute Gasteiger partial charge is 0.335 e. The molecule has 1 heterocycles. The lowest BCUT2D eigenvalue weighted by Crippen LogP contribution is -2.18. The number of nitriles is 1. The number of carboxylic acid groups (broad SMARTS) is 1. The Morgan fingerprint density at radius 1 is 1.38 bits per heavy atom. The van der Waals surface area contributed by atoms with Gasteiger partial charge in [-0.3, -0.25) is 0 Å². The maximum atomic E-state index is 11.1. The van der Waals surface area contributed by atoms with Crippen molar-refractivity contribution < 1.29 is 9.90 Å². The van der Waals surface area contributed by atoms with Crippen LogP contribution in [0.25, 0.3) is 0 Å². The highest BCUT2D eigenvalue weighted by Gasteiger charge is 2.10. The number of nitrogens with zero attached hydrogens (tertiary/aromatic N) is 3. The van der Waals surface area contributed by atoms with Gasteiger partial charge >= 0.3 is 5.97 Å². The molecular formula is C16H15N3O2. The Balaban J connectivity index is 2.25. The van der Waals surface area contributed by atoms with Crippen LogP contribution in [-0.2, 0) is 6.54 Å². The highest BCUT2D eigenvalue weighted by molar-refractivity contribution is 5.88. The lowest BCUT2D eigenvalue weighted by Gasteiger charge is -2.19. The summed E-state index contributed by atoms with van der Waals surface area (Å²) in [6, 6.07) is 12.5. The van der Waals surface area contributed by atoms with E-state index in [1.165, 1.54) is 6.07 Å². The summed E-state index contributed by atoms with van der Waals surface area (Å²) in [6.07, 6.45) is 0. The van der Waals surface area contributed by atoms with Gasteiger partial charge in [0.1, 0.15) is 5.82 Å². The molecule has 0 bridgehead atoms. The largest absolute Gasteiger partial charge is 0.478 e. The van der Waals surface area contributed by atoms with Gasteiger partial charge in [0, 0.05) is 19.3 Å². The third-order valence-corrected chi connectivity index (χ3v) is 3.05. The van der Waals surface area contributed by atoms with Gasteiger partial charge in [0.25, 0.3) is 0 Å². The predicted molar refractivity (Wildman–Crippen MR) is 79.2 cm³/mol. The number of anilines is 1. The van der Waals surface area contributed by atoms with Crippen molar-refractivity contribution in [1.82, 2.24) is 4.98 Å². The predicted octanol–water partition coefficient (Wildman–Crippen LogP) is 2.60. The lowest BCUT2D eigenvalue weighted by atomic mass is 10.1. The number of carbonyl (C=O) groups is 1. The number of rotatable bonds is 4. The van der Waals surface area contributed by atoms with Crippen molar-refractivity contribution in [2.75, 3.05) is 11.9 Å². The van der Waals surface area contributed by atoms with Gasteiger partial charge in [-0.2, -0.15) is 5.26 Å². The Kier molecular flexibility index (Phi) is 4.19. The van der Waals surface area contributed by atoms with Crippen LogP contribution in [0.1, 0.15) is 27.2 Å². The number of aromatic nitrogens is 1. The van der Waals surface area contributed by atoms with Crippen LogP contribution in [0.15, 0.2) is 36.4 Å². The minimum absolute atomic E-state index is 0.218. The van der Waals surface area contributed by atoms with Crippen molar-refractivity contribution in [3.8, 4) is 6.07 Å². The SMILES string of the molecule is Cc1cc(C(=O)O)cc(N(C)Cc2cccc(C#N)c2)n1. The van der Waals surface area contributed by atoms with Crippen LogP contribution in [0.5, 0.6) is 0 Å². The van der Waals surface area contributed by atoms with Gasteiger partial charge in [-0.05, 0) is 36.8 Å². The maximum absolute atomic E-state index is 11.1. The van der Waals surface area contributed by atoms with Crippen molar-refractivity contribution in [3.05, 3.63) is 58.8 Å². The molecule has 1 aromatic heterocycles. The van der Waals surface area contributed by atoms with E-state index in [4.69, 9.17) is 10.4 Å². The second kappa shape index (κ2) is 6.06. The molecule has 2 rings (SSSR count). The molecule has 0 aliphatic rings. The van der Waals surface area contributed by atoms with Gasteiger partial charge in [-0.25, -0.2) is 9.78 Å². The van der Waals surface area contributed by atoms with Crippen molar-refractivity contribution in [2.45, 2.75) is 13.5 Å². The molecular weight excluding hydrogens is 266 g/mol. The second-order valence-corrected chi connectivity index (χ2v) is 4.83. The minimum Gasteiger partial charge on any atom is -0.478 e. The Hall–Kier alpha value is -2.87. The van der Waals surface area contributed by atoms with E-state index in [0.717, 1.165) is 5.56 Å². The van der Waals surface area contributed by atoms with Crippen LogP contribution in [0, 0.1) is 18.3 Å². The molecule has 1 N–H and O–H groups in total. The summed E-state index contributed by atoms with van der Waals surface area (Å²) < 4.78 is 0. The number of carboxylic acids is 1. The zero-order chi connectivity index (χ0) is 15.4. The Morgan fingerprint density at radius 2 is 2.14 bits per heavy atom. The molecule has 106 valence electrons. The first-order valence-corrected chi connectivity index (χ1v) is 6.42. The number of benzene rings is 1.